The molecule has 0 aliphatic heterocycles. The van der Waals surface area contributed by atoms with Crippen molar-refractivity contribution in [3.05, 3.63) is 0 Å². The number of carbonyl (C=O) groups excluding carboxylic acids is 1. The Morgan fingerprint density at radius 3 is 1.82 bits per heavy atom. The SMILES string of the molecule is CC(=O)CCSC(C)C.CCCCSC(C)C. The van der Waals surface area contributed by atoms with E-state index in [9.17, 15) is 4.79 Å². The molecule has 0 atom stereocenters. The van der Waals surface area contributed by atoms with Crippen LogP contribution in [-0.4, -0.2) is 27.8 Å². The molecule has 0 N–H and O–H groups in total. The Balaban J connectivity index is 0. The van der Waals surface area contributed by atoms with Gasteiger partial charge in [0, 0.05) is 12.2 Å². The van der Waals surface area contributed by atoms with E-state index >= 15 is 0 Å². The summed E-state index contributed by atoms with van der Waals surface area (Å²) in [5, 5.41) is 1.48. The second-order valence-corrected chi connectivity index (χ2v) is 8.01. The molecule has 0 bridgehead atoms. The van der Waals surface area contributed by atoms with Crippen LogP contribution in [0.15, 0.2) is 0 Å². The lowest BCUT2D eigenvalue weighted by atomic mass is 10.4. The fraction of sp³-hybridized carbons (Fsp3) is 0.929. The summed E-state index contributed by atoms with van der Waals surface area (Å²) in [6.45, 7) is 12.7. The molecule has 17 heavy (non-hydrogen) atoms. The average Bonchev–Trinajstić information content (AvgIpc) is 2.17. The van der Waals surface area contributed by atoms with Gasteiger partial charge in [-0.3, -0.25) is 4.79 Å². The minimum Gasteiger partial charge on any atom is -0.300 e. The molecule has 1 nitrogen and oxygen atoms in total. The monoisotopic (exact) mass is 278 g/mol. The predicted octanol–water partition coefficient (Wildman–Crippen LogP) is 5.04. The Labute approximate surface area is 117 Å². The van der Waals surface area contributed by atoms with Crippen molar-refractivity contribution in [2.45, 2.75) is 71.3 Å². The molecule has 0 aliphatic rings. The van der Waals surface area contributed by atoms with E-state index in [1.807, 2.05) is 11.8 Å². The average molecular weight is 279 g/mol. The predicted molar refractivity (Wildman–Crippen MR) is 85.4 cm³/mol. The summed E-state index contributed by atoms with van der Waals surface area (Å²) < 4.78 is 0. The molecule has 0 unspecified atom stereocenters. The maximum absolute atomic E-state index is 10.4. The van der Waals surface area contributed by atoms with Crippen molar-refractivity contribution in [2.24, 2.45) is 0 Å². The van der Waals surface area contributed by atoms with Crippen molar-refractivity contribution >= 4 is 29.3 Å². The fourth-order valence-corrected chi connectivity index (χ4v) is 2.71. The quantitative estimate of drug-likeness (QED) is 0.579. The third kappa shape index (κ3) is 26.1. The molecule has 0 aliphatic carbocycles. The van der Waals surface area contributed by atoms with Gasteiger partial charge in [-0.25, -0.2) is 0 Å². The number of rotatable bonds is 8. The molecule has 0 radical (unpaired) electrons. The number of hydrogen-bond donors (Lipinski definition) is 0. The molecular weight excluding hydrogens is 248 g/mol. The topological polar surface area (TPSA) is 17.1 Å². The Bertz CT molecular complexity index is 168. The summed E-state index contributed by atoms with van der Waals surface area (Å²) in [6.07, 6.45) is 3.44. The van der Waals surface area contributed by atoms with E-state index in [4.69, 9.17) is 0 Å². The Hall–Kier alpha value is 0.370. The normalized spacial score (nSPS) is 10.4. The second kappa shape index (κ2) is 14.4. The van der Waals surface area contributed by atoms with Crippen molar-refractivity contribution in [2.75, 3.05) is 11.5 Å². The van der Waals surface area contributed by atoms with Gasteiger partial charge in [0.25, 0.3) is 0 Å². The lowest BCUT2D eigenvalue weighted by molar-refractivity contribution is -0.116. The highest BCUT2D eigenvalue weighted by atomic mass is 32.2. The zero-order valence-corrected chi connectivity index (χ0v) is 14.0. The minimum absolute atomic E-state index is 0.295. The van der Waals surface area contributed by atoms with E-state index < -0.39 is 0 Å². The summed E-state index contributed by atoms with van der Waals surface area (Å²) in [7, 11) is 0. The molecule has 0 heterocycles. The van der Waals surface area contributed by atoms with E-state index in [0.29, 0.717) is 11.0 Å². The van der Waals surface area contributed by atoms with Gasteiger partial charge in [0.05, 0.1) is 0 Å². The molecule has 0 rings (SSSR count). The van der Waals surface area contributed by atoms with E-state index in [1.54, 1.807) is 6.92 Å². The van der Waals surface area contributed by atoms with E-state index in [0.717, 1.165) is 17.4 Å². The molecule has 0 saturated heterocycles. The van der Waals surface area contributed by atoms with Crippen LogP contribution in [0.1, 0.15) is 60.8 Å². The molecule has 0 spiro atoms. The van der Waals surface area contributed by atoms with Crippen LogP contribution in [0.5, 0.6) is 0 Å². The summed E-state index contributed by atoms with van der Waals surface area (Å²) in [5.41, 5.74) is 0. The van der Waals surface area contributed by atoms with Gasteiger partial charge >= 0.3 is 0 Å². The molecule has 0 fully saturated rings. The number of carbonyl (C=O) groups is 1. The summed E-state index contributed by atoms with van der Waals surface area (Å²) in [4.78, 5) is 10.4. The number of unbranched alkanes of at least 4 members (excludes halogenated alkanes) is 1. The van der Waals surface area contributed by atoms with Crippen molar-refractivity contribution in [1.29, 1.82) is 0 Å². The van der Waals surface area contributed by atoms with Crippen LogP contribution in [0.4, 0.5) is 0 Å². The van der Waals surface area contributed by atoms with Crippen molar-refractivity contribution < 1.29 is 4.79 Å². The van der Waals surface area contributed by atoms with Crippen LogP contribution in [0, 0.1) is 0 Å². The first-order chi connectivity index (χ1) is 7.90. The zero-order chi connectivity index (χ0) is 13.7. The van der Waals surface area contributed by atoms with Gasteiger partial charge in [-0.2, -0.15) is 23.5 Å². The molecule has 0 aromatic heterocycles. The van der Waals surface area contributed by atoms with Crippen LogP contribution in [0.25, 0.3) is 0 Å². The third-order valence-corrected chi connectivity index (χ3v) is 4.15. The lowest BCUT2D eigenvalue weighted by Gasteiger charge is -2.00. The fourth-order valence-electron chi connectivity index (χ4n) is 0.902. The van der Waals surface area contributed by atoms with E-state index in [1.165, 1.54) is 18.6 Å². The maximum Gasteiger partial charge on any atom is 0.130 e. The van der Waals surface area contributed by atoms with Crippen LogP contribution in [0.2, 0.25) is 0 Å². The van der Waals surface area contributed by atoms with Gasteiger partial charge in [0.2, 0.25) is 0 Å². The maximum atomic E-state index is 10.4. The largest absolute Gasteiger partial charge is 0.300 e. The standard InChI is InChI=1S/C7H14OS.C7H16S/c1-6(2)9-5-4-7(3)8;1-4-5-6-8-7(2)3/h6H,4-5H2,1-3H3;7H,4-6H2,1-3H3. The number of hydrogen-bond acceptors (Lipinski definition) is 3. The first-order valence-electron chi connectivity index (χ1n) is 6.62. The van der Waals surface area contributed by atoms with Crippen molar-refractivity contribution in [3.63, 3.8) is 0 Å². The van der Waals surface area contributed by atoms with Gasteiger partial charge in [-0.15, -0.1) is 0 Å². The van der Waals surface area contributed by atoms with Crippen molar-refractivity contribution in [3.8, 4) is 0 Å². The highest BCUT2D eigenvalue weighted by molar-refractivity contribution is 8.00. The zero-order valence-electron chi connectivity index (χ0n) is 12.4. The second-order valence-electron chi connectivity index (χ2n) is 4.64. The van der Waals surface area contributed by atoms with Crippen LogP contribution >= 0.6 is 23.5 Å². The molecule has 0 aromatic carbocycles. The third-order valence-electron chi connectivity index (χ3n) is 1.85. The molecular formula is C14H30OS2. The highest BCUT2D eigenvalue weighted by Gasteiger charge is 1.95. The molecule has 0 saturated carbocycles. The number of thioether (sulfide) groups is 2. The molecule has 0 amide bonds. The summed E-state index contributed by atoms with van der Waals surface area (Å²) >= 11 is 3.89. The highest BCUT2D eigenvalue weighted by Crippen LogP contribution is 2.10. The summed E-state index contributed by atoms with van der Waals surface area (Å²) in [6, 6.07) is 0. The molecule has 3 heteroatoms. The molecule has 0 aromatic rings. The molecule has 104 valence electrons. The van der Waals surface area contributed by atoms with Crippen LogP contribution in [0.3, 0.4) is 0 Å². The number of Topliss-reactive ketones (excluding diaryl/α,β-unsaturated/α-hetero) is 1. The van der Waals surface area contributed by atoms with Gasteiger partial charge in [-0.05, 0) is 29.6 Å². The van der Waals surface area contributed by atoms with Crippen molar-refractivity contribution in [1.82, 2.24) is 0 Å². The number of ketones is 1. The van der Waals surface area contributed by atoms with Crippen LogP contribution in [-0.2, 0) is 4.79 Å². The Morgan fingerprint density at radius 1 is 1.00 bits per heavy atom. The summed E-state index contributed by atoms with van der Waals surface area (Å²) in [5.74, 6) is 2.62. The Morgan fingerprint density at radius 2 is 1.47 bits per heavy atom. The lowest BCUT2D eigenvalue weighted by Crippen LogP contribution is -1.95. The van der Waals surface area contributed by atoms with Crippen LogP contribution < -0.4 is 0 Å². The Kier molecular flexibility index (Phi) is 16.7. The smallest absolute Gasteiger partial charge is 0.130 e. The minimum atomic E-state index is 0.295. The van der Waals surface area contributed by atoms with Gasteiger partial charge in [-0.1, -0.05) is 41.0 Å². The van der Waals surface area contributed by atoms with E-state index in [2.05, 4.69) is 46.4 Å². The first kappa shape index (κ1) is 19.7. The van der Waals surface area contributed by atoms with Gasteiger partial charge in [0.1, 0.15) is 5.78 Å². The van der Waals surface area contributed by atoms with E-state index in [-0.39, 0.29) is 0 Å². The van der Waals surface area contributed by atoms with Gasteiger partial charge < -0.3 is 0 Å². The van der Waals surface area contributed by atoms with Gasteiger partial charge in [0.15, 0.2) is 0 Å². The first-order valence-corrected chi connectivity index (χ1v) is 8.72.